The van der Waals surface area contributed by atoms with Gasteiger partial charge in [0.25, 0.3) is 11.6 Å². The second kappa shape index (κ2) is 9.54. The molecular formula is C23H18ClN5O4. The largest absolute Gasteiger partial charge is 0.420 e. The highest BCUT2D eigenvalue weighted by Gasteiger charge is 2.26. The van der Waals surface area contributed by atoms with E-state index in [1.807, 2.05) is 11.0 Å². The number of rotatable bonds is 5. The molecule has 0 N–H and O–H groups in total. The van der Waals surface area contributed by atoms with Crippen LogP contribution < -0.4 is 4.90 Å². The van der Waals surface area contributed by atoms with Crippen LogP contribution in [0.25, 0.3) is 12.2 Å². The van der Waals surface area contributed by atoms with E-state index in [1.165, 1.54) is 12.1 Å². The number of halogens is 1. The molecule has 0 saturated carbocycles. The molecule has 33 heavy (non-hydrogen) atoms. The van der Waals surface area contributed by atoms with Gasteiger partial charge < -0.3 is 14.2 Å². The highest BCUT2D eigenvalue weighted by molar-refractivity contribution is 6.30. The molecule has 0 bridgehead atoms. The minimum atomic E-state index is -0.462. The van der Waals surface area contributed by atoms with Crippen molar-refractivity contribution in [1.29, 1.82) is 5.26 Å². The summed E-state index contributed by atoms with van der Waals surface area (Å²) in [7, 11) is 0. The number of piperazine rings is 1. The average molecular weight is 464 g/mol. The maximum atomic E-state index is 12.7. The Kier molecular flexibility index (Phi) is 6.38. The van der Waals surface area contributed by atoms with Crippen LogP contribution in [0.15, 0.2) is 52.9 Å². The molecule has 1 fully saturated rings. The second-order valence-electron chi connectivity index (χ2n) is 7.29. The fourth-order valence-electron chi connectivity index (χ4n) is 3.45. The van der Waals surface area contributed by atoms with Crippen LogP contribution in [0, 0.1) is 21.4 Å². The molecule has 0 unspecified atom stereocenters. The monoisotopic (exact) mass is 463 g/mol. The van der Waals surface area contributed by atoms with Crippen molar-refractivity contribution >= 4 is 41.2 Å². The number of carbonyl (C=O) groups is 1. The zero-order valence-electron chi connectivity index (χ0n) is 17.3. The number of nitrogens with zero attached hydrogens (tertiary/aromatic N) is 5. The van der Waals surface area contributed by atoms with Gasteiger partial charge in [-0.05, 0) is 48.0 Å². The number of oxazole rings is 1. The minimum Gasteiger partial charge on any atom is -0.420 e. The van der Waals surface area contributed by atoms with Crippen LogP contribution in [0.5, 0.6) is 0 Å². The summed E-state index contributed by atoms with van der Waals surface area (Å²) in [6, 6.07) is 14.9. The molecule has 9 nitrogen and oxygen atoms in total. The van der Waals surface area contributed by atoms with Gasteiger partial charge in [0.15, 0.2) is 0 Å². The lowest BCUT2D eigenvalue weighted by Crippen LogP contribution is -2.48. The Balaban J connectivity index is 1.42. The fraction of sp³-hybridized carbons (Fsp3) is 0.174. The maximum Gasteiger partial charge on any atom is 0.269 e. The van der Waals surface area contributed by atoms with Crippen LogP contribution in [0.2, 0.25) is 5.02 Å². The summed E-state index contributed by atoms with van der Waals surface area (Å²) in [6.07, 6.45) is 3.30. The van der Waals surface area contributed by atoms with Gasteiger partial charge in [0.05, 0.1) is 4.92 Å². The quantitative estimate of drug-likeness (QED) is 0.410. The van der Waals surface area contributed by atoms with Gasteiger partial charge in [0, 0.05) is 55.0 Å². The SMILES string of the molecule is N#Cc1nc(/C=C/c2ccc([N+](=O)[O-])cc2)oc1N1CCN(C(=O)c2ccc(Cl)cc2)CC1. The van der Waals surface area contributed by atoms with Crippen LogP contribution >= 0.6 is 11.6 Å². The highest BCUT2D eigenvalue weighted by Crippen LogP contribution is 2.25. The molecule has 166 valence electrons. The minimum absolute atomic E-state index is 0.00557. The fourth-order valence-corrected chi connectivity index (χ4v) is 3.57. The summed E-state index contributed by atoms with van der Waals surface area (Å²) < 4.78 is 5.80. The number of aromatic nitrogens is 1. The predicted octanol–water partition coefficient (Wildman–Crippen LogP) is 4.24. The van der Waals surface area contributed by atoms with Gasteiger partial charge in [-0.2, -0.15) is 10.2 Å². The van der Waals surface area contributed by atoms with Crippen molar-refractivity contribution in [3.05, 3.63) is 86.4 Å². The van der Waals surface area contributed by atoms with Crippen molar-refractivity contribution in [3.63, 3.8) is 0 Å². The van der Waals surface area contributed by atoms with Gasteiger partial charge in [-0.15, -0.1) is 0 Å². The Morgan fingerprint density at radius 2 is 1.76 bits per heavy atom. The Bertz CT molecular complexity index is 1240. The number of hydrogen-bond acceptors (Lipinski definition) is 7. The van der Waals surface area contributed by atoms with Gasteiger partial charge in [0.2, 0.25) is 17.5 Å². The van der Waals surface area contributed by atoms with Gasteiger partial charge in [0.1, 0.15) is 6.07 Å². The van der Waals surface area contributed by atoms with Crippen LogP contribution in [-0.2, 0) is 0 Å². The van der Waals surface area contributed by atoms with Crippen LogP contribution in [-0.4, -0.2) is 46.9 Å². The van der Waals surface area contributed by atoms with Crippen LogP contribution in [0.4, 0.5) is 11.6 Å². The van der Waals surface area contributed by atoms with Crippen molar-refractivity contribution in [2.24, 2.45) is 0 Å². The average Bonchev–Trinajstić information content (AvgIpc) is 3.26. The van der Waals surface area contributed by atoms with Gasteiger partial charge >= 0.3 is 0 Å². The Hall–Kier alpha value is -4.16. The molecule has 2 heterocycles. The normalized spacial score (nSPS) is 13.8. The number of nitriles is 1. The number of carbonyl (C=O) groups excluding carboxylic acids is 1. The molecule has 0 radical (unpaired) electrons. The number of nitro benzene ring substituents is 1. The van der Waals surface area contributed by atoms with E-state index >= 15 is 0 Å². The summed E-state index contributed by atoms with van der Waals surface area (Å²) in [6.45, 7) is 1.94. The Morgan fingerprint density at radius 3 is 2.36 bits per heavy atom. The molecule has 0 atom stereocenters. The third-order valence-electron chi connectivity index (χ3n) is 5.20. The summed E-state index contributed by atoms with van der Waals surface area (Å²) in [5.74, 6) is 0.537. The number of anilines is 1. The molecule has 0 spiro atoms. The molecular weight excluding hydrogens is 446 g/mol. The van der Waals surface area contributed by atoms with E-state index in [9.17, 15) is 20.2 Å². The summed E-state index contributed by atoms with van der Waals surface area (Å²) >= 11 is 5.89. The molecule has 3 aromatic rings. The van der Waals surface area contributed by atoms with Crippen molar-refractivity contribution in [1.82, 2.24) is 9.88 Å². The first-order valence-corrected chi connectivity index (χ1v) is 10.5. The summed E-state index contributed by atoms with van der Waals surface area (Å²) in [5, 5.41) is 20.8. The van der Waals surface area contributed by atoms with E-state index in [2.05, 4.69) is 4.98 Å². The van der Waals surface area contributed by atoms with Crippen molar-refractivity contribution in [3.8, 4) is 6.07 Å². The standard InChI is InChI=1S/C23H18ClN5O4/c24-18-6-4-17(5-7-18)22(30)27-11-13-28(14-12-27)23-20(15-25)26-21(33-23)10-3-16-1-8-19(9-2-16)29(31)32/h1-10H,11-14H2/b10-3+. The van der Waals surface area contributed by atoms with Crippen LogP contribution in [0.1, 0.15) is 27.5 Å². The second-order valence-corrected chi connectivity index (χ2v) is 7.72. The molecule has 1 amide bonds. The molecule has 1 saturated heterocycles. The Labute approximate surface area is 194 Å². The first-order valence-electron chi connectivity index (χ1n) is 10.1. The lowest BCUT2D eigenvalue weighted by Gasteiger charge is -2.34. The molecule has 1 aromatic heterocycles. The molecule has 1 aliphatic heterocycles. The third-order valence-corrected chi connectivity index (χ3v) is 5.45. The number of hydrogen-bond donors (Lipinski definition) is 0. The third kappa shape index (κ3) is 5.02. The zero-order chi connectivity index (χ0) is 23.4. The van der Waals surface area contributed by atoms with Gasteiger partial charge in [-0.25, -0.2) is 0 Å². The van der Waals surface area contributed by atoms with Gasteiger partial charge in [-0.1, -0.05) is 11.6 Å². The molecule has 2 aromatic carbocycles. The molecule has 1 aliphatic rings. The number of benzene rings is 2. The van der Waals surface area contributed by atoms with E-state index in [4.69, 9.17) is 16.0 Å². The zero-order valence-corrected chi connectivity index (χ0v) is 18.1. The summed E-state index contributed by atoms with van der Waals surface area (Å²) in [4.78, 5) is 30.8. The van der Waals surface area contributed by atoms with Crippen molar-refractivity contribution in [2.75, 3.05) is 31.1 Å². The van der Waals surface area contributed by atoms with E-state index in [0.29, 0.717) is 42.6 Å². The Morgan fingerprint density at radius 1 is 1.09 bits per heavy atom. The first-order chi connectivity index (χ1) is 15.9. The summed E-state index contributed by atoms with van der Waals surface area (Å²) in [5.41, 5.74) is 1.47. The maximum absolute atomic E-state index is 12.7. The first kappa shape index (κ1) is 22.0. The van der Waals surface area contributed by atoms with Crippen molar-refractivity contribution < 1.29 is 14.1 Å². The number of non-ortho nitro benzene ring substituents is 1. The number of amides is 1. The highest BCUT2D eigenvalue weighted by atomic mass is 35.5. The molecule has 10 heteroatoms. The van der Waals surface area contributed by atoms with E-state index in [0.717, 1.165) is 5.56 Å². The van der Waals surface area contributed by atoms with Crippen molar-refractivity contribution in [2.45, 2.75) is 0 Å². The number of nitro groups is 1. The molecule has 4 rings (SSSR count). The lowest BCUT2D eigenvalue weighted by atomic mass is 10.2. The predicted molar refractivity (Wildman–Crippen MR) is 123 cm³/mol. The smallest absolute Gasteiger partial charge is 0.269 e. The van der Waals surface area contributed by atoms with E-state index in [-0.39, 0.29) is 23.2 Å². The van der Waals surface area contributed by atoms with Gasteiger partial charge in [-0.3, -0.25) is 14.9 Å². The van der Waals surface area contributed by atoms with E-state index in [1.54, 1.807) is 53.5 Å². The van der Waals surface area contributed by atoms with Crippen LogP contribution in [0.3, 0.4) is 0 Å². The lowest BCUT2D eigenvalue weighted by molar-refractivity contribution is -0.384. The molecule has 0 aliphatic carbocycles. The van der Waals surface area contributed by atoms with E-state index < -0.39 is 4.92 Å². The topological polar surface area (TPSA) is 117 Å².